The van der Waals surface area contributed by atoms with Crippen LogP contribution in [0.1, 0.15) is 0 Å². The smallest absolute Gasteiger partial charge is 0.0412 e. The molecular formula is C22H13ClS. The lowest BCUT2D eigenvalue weighted by molar-refractivity contribution is 1.70. The van der Waals surface area contributed by atoms with Crippen LogP contribution in [0.5, 0.6) is 0 Å². The first-order chi connectivity index (χ1) is 11.8. The van der Waals surface area contributed by atoms with Gasteiger partial charge in [0.1, 0.15) is 0 Å². The van der Waals surface area contributed by atoms with Gasteiger partial charge < -0.3 is 0 Å². The number of benzene rings is 4. The molecule has 0 aliphatic heterocycles. The Hall–Kier alpha value is -2.35. The van der Waals surface area contributed by atoms with Crippen LogP contribution in [0.2, 0.25) is 5.02 Å². The molecule has 5 aromatic rings. The van der Waals surface area contributed by atoms with E-state index in [0.29, 0.717) is 0 Å². The molecule has 2 heteroatoms. The fraction of sp³-hybridized carbons (Fsp3) is 0. The van der Waals surface area contributed by atoms with E-state index in [2.05, 4.69) is 66.7 Å². The van der Waals surface area contributed by atoms with Crippen LogP contribution in [-0.4, -0.2) is 0 Å². The minimum atomic E-state index is 0.777. The summed E-state index contributed by atoms with van der Waals surface area (Å²) in [6.45, 7) is 0. The van der Waals surface area contributed by atoms with Gasteiger partial charge in [-0.3, -0.25) is 0 Å². The van der Waals surface area contributed by atoms with Crippen LogP contribution in [0.3, 0.4) is 0 Å². The molecule has 0 amide bonds. The molecule has 1 aromatic heterocycles. The summed E-state index contributed by atoms with van der Waals surface area (Å²) in [5, 5.41) is 5.85. The summed E-state index contributed by atoms with van der Waals surface area (Å²) in [5.74, 6) is 0. The quantitative estimate of drug-likeness (QED) is 0.295. The van der Waals surface area contributed by atoms with Crippen molar-refractivity contribution in [2.45, 2.75) is 0 Å². The van der Waals surface area contributed by atoms with Crippen LogP contribution < -0.4 is 0 Å². The summed E-state index contributed by atoms with van der Waals surface area (Å²) < 4.78 is 2.67. The lowest BCUT2D eigenvalue weighted by atomic mass is 9.97. The number of hydrogen-bond acceptors (Lipinski definition) is 1. The Balaban J connectivity index is 1.85. The largest absolute Gasteiger partial charge is 0.135 e. The van der Waals surface area contributed by atoms with Crippen LogP contribution >= 0.6 is 22.9 Å². The molecule has 0 radical (unpaired) electrons. The van der Waals surface area contributed by atoms with E-state index in [9.17, 15) is 0 Å². The molecule has 0 atom stereocenters. The van der Waals surface area contributed by atoms with Crippen molar-refractivity contribution in [1.82, 2.24) is 0 Å². The lowest BCUT2D eigenvalue weighted by Crippen LogP contribution is -1.81. The van der Waals surface area contributed by atoms with Crippen molar-refractivity contribution in [3.8, 4) is 11.1 Å². The van der Waals surface area contributed by atoms with Crippen molar-refractivity contribution in [2.75, 3.05) is 0 Å². The molecule has 0 aliphatic rings. The highest BCUT2D eigenvalue weighted by molar-refractivity contribution is 7.25. The Bertz CT molecular complexity index is 1220. The normalized spacial score (nSPS) is 11.5. The van der Waals surface area contributed by atoms with E-state index in [1.807, 2.05) is 23.5 Å². The van der Waals surface area contributed by atoms with E-state index >= 15 is 0 Å². The number of hydrogen-bond donors (Lipinski definition) is 0. The molecule has 1 heterocycles. The fourth-order valence-corrected chi connectivity index (χ4v) is 4.71. The highest BCUT2D eigenvalue weighted by atomic mass is 35.5. The maximum atomic E-state index is 6.17. The molecule has 4 aromatic carbocycles. The van der Waals surface area contributed by atoms with Crippen molar-refractivity contribution < 1.29 is 0 Å². The van der Waals surface area contributed by atoms with Gasteiger partial charge in [-0.25, -0.2) is 0 Å². The zero-order valence-corrected chi connectivity index (χ0v) is 14.4. The minimum absolute atomic E-state index is 0.777. The third kappa shape index (κ3) is 2.13. The van der Waals surface area contributed by atoms with Crippen LogP contribution in [0.15, 0.2) is 78.9 Å². The standard InChI is InChI=1S/C22H13ClS/c23-17-11-10-14-8-9-15(12-16(14)13-17)18-5-3-7-21-22(18)19-4-1-2-6-20(19)24-21/h1-13H. The molecule has 24 heavy (non-hydrogen) atoms. The molecule has 0 saturated carbocycles. The Morgan fingerprint density at radius 1 is 0.667 bits per heavy atom. The molecule has 0 bridgehead atoms. The molecule has 114 valence electrons. The summed E-state index contributed by atoms with van der Waals surface area (Å²) in [4.78, 5) is 0. The summed E-state index contributed by atoms with van der Waals surface area (Å²) >= 11 is 8.03. The Labute approximate surface area is 148 Å². The van der Waals surface area contributed by atoms with Gasteiger partial charge in [-0.15, -0.1) is 11.3 Å². The van der Waals surface area contributed by atoms with E-state index in [1.54, 1.807) is 0 Å². The SMILES string of the molecule is Clc1ccc2ccc(-c3cccc4sc5ccccc5c34)cc2c1. The van der Waals surface area contributed by atoms with Gasteiger partial charge in [0.15, 0.2) is 0 Å². The van der Waals surface area contributed by atoms with E-state index in [1.165, 1.54) is 42.1 Å². The maximum absolute atomic E-state index is 6.17. The van der Waals surface area contributed by atoms with Gasteiger partial charge in [-0.1, -0.05) is 60.1 Å². The minimum Gasteiger partial charge on any atom is -0.135 e. The van der Waals surface area contributed by atoms with Crippen LogP contribution in [0, 0.1) is 0 Å². The Morgan fingerprint density at radius 3 is 2.46 bits per heavy atom. The third-order valence-electron chi connectivity index (χ3n) is 4.52. The van der Waals surface area contributed by atoms with Gasteiger partial charge in [0.05, 0.1) is 0 Å². The first kappa shape index (κ1) is 14.0. The molecule has 0 saturated heterocycles. The van der Waals surface area contributed by atoms with Gasteiger partial charge in [-0.2, -0.15) is 0 Å². The van der Waals surface area contributed by atoms with E-state index in [4.69, 9.17) is 11.6 Å². The number of rotatable bonds is 1. The van der Waals surface area contributed by atoms with Crippen LogP contribution in [-0.2, 0) is 0 Å². The average molecular weight is 345 g/mol. The second-order valence-electron chi connectivity index (χ2n) is 5.98. The molecule has 0 unspecified atom stereocenters. The van der Waals surface area contributed by atoms with Crippen LogP contribution in [0.25, 0.3) is 42.1 Å². The van der Waals surface area contributed by atoms with Crippen molar-refractivity contribution in [1.29, 1.82) is 0 Å². The second kappa shape index (κ2) is 5.34. The highest BCUT2D eigenvalue weighted by Gasteiger charge is 2.10. The average Bonchev–Trinajstić information content (AvgIpc) is 2.99. The molecule has 0 spiro atoms. The predicted molar refractivity (Wildman–Crippen MR) is 107 cm³/mol. The molecule has 0 N–H and O–H groups in total. The van der Waals surface area contributed by atoms with Gasteiger partial charge >= 0.3 is 0 Å². The Morgan fingerprint density at radius 2 is 1.50 bits per heavy atom. The summed E-state index contributed by atoms with van der Waals surface area (Å²) in [7, 11) is 0. The summed E-state index contributed by atoms with van der Waals surface area (Å²) in [6.07, 6.45) is 0. The highest BCUT2D eigenvalue weighted by Crippen LogP contribution is 2.40. The molecule has 0 fully saturated rings. The molecule has 0 nitrogen and oxygen atoms in total. The number of thiophene rings is 1. The fourth-order valence-electron chi connectivity index (χ4n) is 3.40. The van der Waals surface area contributed by atoms with E-state index < -0.39 is 0 Å². The van der Waals surface area contributed by atoms with E-state index in [-0.39, 0.29) is 0 Å². The zero-order chi connectivity index (χ0) is 16.1. The van der Waals surface area contributed by atoms with Crippen molar-refractivity contribution >= 4 is 53.9 Å². The number of fused-ring (bicyclic) bond motifs is 4. The topological polar surface area (TPSA) is 0 Å². The zero-order valence-electron chi connectivity index (χ0n) is 12.8. The van der Waals surface area contributed by atoms with Gasteiger partial charge in [0, 0.05) is 25.2 Å². The van der Waals surface area contributed by atoms with Gasteiger partial charge in [-0.05, 0) is 52.2 Å². The lowest BCUT2D eigenvalue weighted by Gasteiger charge is -2.07. The van der Waals surface area contributed by atoms with Crippen molar-refractivity contribution in [3.63, 3.8) is 0 Å². The predicted octanol–water partition coefficient (Wildman–Crippen LogP) is 7.53. The summed E-state index contributed by atoms with van der Waals surface area (Å²) in [5.41, 5.74) is 2.52. The molecule has 5 rings (SSSR count). The Kier molecular flexibility index (Phi) is 3.12. The molecule has 0 aliphatic carbocycles. The maximum Gasteiger partial charge on any atom is 0.0412 e. The monoisotopic (exact) mass is 344 g/mol. The van der Waals surface area contributed by atoms with Crippen molar-refractivity contribution in [3.05, 3.63) is 83.9 Å². The molecular weight excluding hydrogens is 332 g/mol. The van der Waals surface area contributed by atoms with E-state index in [0.717, 1.165) is 5.02 Å². The van der Waals surface area contributed by atoms with Crippen LogP contribution in [0.4, 0.5) is 0 Å². The first-order valence-corrected chi connectivity index (χ1v) is 9.09. The third-order valence-corrected chi connectivity index (χ3v) is 5.89. The second-order valence-corrected chi connectivity index (χ2v) is 7.50. The van der Waals surface area contributed by atoms with Gasteiger partial charge in [0.25, 0.3) is 0 Å². The van der Waals surface area contributed by atoms with Crippen molar-refractivity contribution in [2.24, 2.45) is 0 Å². The number of halogens is 1. The first-order valence-electron chi connectivity index (χ1n) is 7.89. The van der Waals surface area contributed by atoms with Gasteiger partial charge in [0.2, 0.25) is 0 Å². The summed E-state index contributed by atoms with van der Waals surface area (Å²) in [6, 6.07) is 27.9.